The smallest absolute Gasteiger partial charge is 0.251 e. The Hall–Kier alpha value is -1.74. The summed E-state index contributed by atoms with van der Waals surface area (Å²) >= 11 is 2.02. The van der Waals surface area contributed by atoms with Crippen LogP contribution in [0.5, 0.6) is 0 Å². The SMILES string of the molecule is O=C(NCCSC1CCCCC1)c1ccc(-c2ccccc2)cc1. The zero-order valence-electron chi connectivity index (χ0n) is 14.0. The molecular weight excluding hydrogens is 314 g/mol. The average molecular weight is 340 g/mol. The zero-order chi connectivity index (χ0) is 16.6. The van der Waals surface area contributed by atoms with E-state index in [1.54, 1.807) is 0 Å². The lowest BCUT2D eigenvalue weighted by molar-refractivity contribution is 0.0956. The maximum atomic E-state index is 12.2. The third-order valence-corrected chi connectivity index (χ3v) is 5.93. The van der Waals surface area contributed by atoms with Crippen molar-refractivity contribution in [3.63, 3.8) is 0 Å². The van der Waals surface area contributed by atoms with Gasteiger partial charge in [0, 0.05) is 23.1 Å². The van der Waals surface area contributed by atoms with E-state index in [4.69, 9.17) is 0 Å². The van der Waals surface area contributed by atoms with Crippen LogP contribution in [-0.2, 0) is 0 Å². The van der Waals surface area contributed by atoms with Crippen molar-refractivity contribution < 1.29 is 4.79 Å². The summed E-state index contributed by atoms with van der Waals surface area (Å²) in [6.07, 6.45) is 6.83. The van der Waals surface area contributed by atoms with Crippen LogP contribution >= 0.6 is 11.8 Å². The van der Waals surface area contributed by atoms with E-state index in [1.165, 1.54) is 37.7 Å². The summed E-state index contributed by atoms with van der Waals surface area (Å²) in [4.78, 5) is 12.2. The Morgan fingerprint density at radius 2 is 1.58 bits per heavy atom. The Labute approximate surface area is 149 Å². The summed E-state index contributed by atoms with van der Waals surface area (Å²) in [5, 5.41) is 3.84. The maximum absolute atomic E-state index is 12.2. The zero-order valence-corrected chi connectivity index (χ0v) is 14.9. The first-order valence-corrected chi connectivity index (χ1v) is 9.93. The molecule has 0 aliphatic heterocycles. The number of hydrogen-bond donors (Lipinski definition) is 1. The van der Waals surface area contributed by atoms with Crippen LogP contribution in [0.2, 0.25) is 0 Å². The fraction of sp³-hybridized carbons (Fsp3) is 0.381. The molecule has 0 spiro atoms. The van der Waals surface area contributed by atoms with Crippen molar-refractivity contribution in [2.75, 3.05) is 12.3 Å². The molecule has 0 radical (unpaired) electrons. The molecule has 2 aromatic rings. The summed E-state index contributed by atoms with van der Waals surface area (Å²) in [5.41, 5.74) is 3.05. The highest BCUT2D eigenvalue weighted by atomic mass is 32.2. The topological polar surface area (TPSA) is 29.1 Å². The van der Waals surface area contributed by atoms with Gasteiger partial charge in [-0.3, -0.25) is 4.79 Å². The summed E-state index contributed by atoms with van der Waals surface area (Å²) in [7, 11) is 0. The molecule has 1 amide bonds. The third kappa shape index (κ3) is 4.88. The molecule has 1 saturated carbocycles. The van der Waals surface area contributed by atoms with Gasteiger partial charge in [-0.25, -0.2) is 0 Å². The fourth-order valence-corrected chi connectivity index (χ4v) is 4.39. The molecular formula is C21H25NOS. The largest absolute Gasteiger partial charge is 0.351 e. The number of hydrogen-bond acceptors (Lipinski definition) is 2. The minimum atomic E-state index is 0.0267. The van der Waals surface area contributed by atoms with E-state index < -0.39 is 0 Å². The Morgan fingerprint density at radius 1 is 0.917 bits per heavy atom. The van der Waals surface area contributed by atoms with Gasteiger partial charge in [-0.15, -0.1) is 0 Å². The van der Waals surface area contributed by atoms with Crippen molar-refractivity contribution in [2.45, 2.75) is 37.4 Å². The number of carbonyl (C=O) groups excluding carboxylic acids is 1. The third-order valence-electron chi connectivity index (χ3n) is 4.55. The normalized spacial score (nSPS) is 15.2. The van der Waals surface area contributed by atoms with Crippen LogP contribution in [0.3, 0.4) is 0 Å². The monoisotopic (exact) mass is 339 g/mol. The van der Waals surface area contributed by atoms with Gasteiger partial charge in [-0.2, -0.15) is 11.8 Å². The van der Waals surface area contributed by atoms with E-state index in [0.29, 0.717) is 0 Å². The fourth-order valence-electron chi connectivity index (χ4n) is 3.17. The molecule has 0 heterocycles. The lowest BCUT2D eigenvalue weighted by atomic mass is 10.0. The van der Waals surface area contributed by atoms with Gasteiger partial charge in [0.25, 0.3) is 5.91 Å². The van der Waals surface area contributed by atoms with E-state index in [2.05, 4.69) is 17.4 Å². The molecule has 0 bridgehead atoms. The number of amides is 1. The molecule has 0 unspecified atom stereocenters. The van der Waals surface area contributed by atoms with Crippen molar-refractivity contribution in [1.29, 1.82) is 0 Å². The summed E-state index contributed by atoms with van der Waals surface area (Å²) in [6, 6.07) is 18.1. The van der Waals surface area contributed by atoms with Crippen LogP contribution in [0.1, 0.15) is 42.5 Å². The molecule has 0 aromatic heterocycles. The van der Waals surface area contributed by atoms with E-state index in [9.17, 15) is 4.79 Å². The van der Waals surface area contributed by atoms with Crippen LogP contribution in [0, 0.1) is 0 Å². The predicted molar refractivity (Wildman–Crippen MR) is 104 cm³/mol. The van der Waals surface area contributed by atoms with Gasteiger partial charge in [0.05, 0.1) is 0 Å². The predicted octanol–water partition coefficient (Wildman–Crippen LogP) is 5.15. The van der Waals surface area contributed by atoms with E-state index in [1.807, 2.05) is 54.2 Å². The molecule has 24 heavy (non-hydrogen) atoms. The minimum Gasteiger partial charge on any atom is -0.351 e. The van der Waals surface area contributed by atoms with Crippen LogP contribution in [0.25, 0.3) is 11.1 Å². The quantitative estimate of drug-likeness (QED) is 0.738. The van der Waals surface area contributed by atoms with Crippen molar-refractivity contribution in [1.82, 2.24) is 5.32 Å². The number of rotatable bonds is 6. The minimum absolute atomic E-state index is 0.0267. The van der Waals surface area contributed by atoms with Crippen LogP contribution in [0.15, 0.2) is 54.6 Å². The molecule has 1 N–H and O–H groups in total. The van der Waals surface area contributed by atoms with E-state index in [0.717, 1.165) is 28.7 Å². The van der Waals surface area contributed by atoms with E-state index >= 15 is 0 Å². The highest BCUT2D eigenvalue weighted by Gasteiger charge is 2.13. The molecule has 126 valence electrons. The Bertz CT molecular complexity index is 633. The lowest BCUT2D eigenvalue weighted by Crippen LogP contribution is -2.26. The first-order valence-electron chi connectivity index (χ1n) is 8.88. The first kappa shape index (κ1) is 17.1. The van der Waals surface area contributed by atoms with Crippen LogP contribution in [0.4, 0.5) is 0 Å². The number of nitrogens with one attached hydrogen (secondary N) is 1. The second kappa shape index (κ2) is 8.93. The van der Waals surface area contributed by atoms with Crippen LogP contribution in [-0.4, -0.2) is 23.5 Å². The first-order chi connectivity index (χ1) is 11.8. The van der Waals surface area contributed by atoms with E-state index in [-0.39, 0.29) is 5.91 Å². The summed E-state index contributed by atoms with van der Waals surface area (Å²) < 4.78 is 0. The number of carbonyl (C=O) groups is 1. The van der Waals surface area contributed by atoms with Crippen molar-refractivity contribution in [3.05, 3.63) is 60.2 Å². The van der Waals surface area contributed by atoms with Crippen molar-refractivity contribution in [2.24, 2.45) is 0 Å². The standard InChI is InChI=1S/C21H25NOS/c23-21(22-15-16-24-20-9-5-2-6-10-20)19-13-11-18(12-14-19)17-7-3-1-4-8-17/h1,3-4,7-8,11-14,20H,2,5-6,9-10,15-16H2,(H,22,23). The highest BCUT2D eigenvalue weighted by Crippen LogP contribution is 2.27. The second-order valence-corrected chi connectivity index (χ2v) is 7.74. The molecule has 2 aromatic carbocycles. The molecule has 2 nitrogen and oxygen atoms in total. The Kier molecular flexibility index (Phi) is 6.36. The van der Waals surface area contributed by atoms with Gasteiger partial charge in [0.1, 0.15) is 0 Å². The Morgan fingerprint density at radius 3 is 2.29 bits per heavy atom. The van der Waals surface area contributed by atoms with Gasteiger partial charge >= 0.3 is 0 Å². The van der Waals surface area contributed by atoms with Gasteiger partial charge in [-0.05, 0) is 36.1 Å². The molecule has 1 aliphatic carbocycles. The number of thioether (sulfide) groups is 1. The van der Waals surface area contributed by atoms with Gasteiger partial charge in [0.2, 0.25) is 0 Å². The second-order valence-electron chi connectivity index (χ2n) is 6.33. The van der Waals surface area contributed by atoms with Crippen molar-refractivity contribution >= 4 is 17.7 Å². The van der Waals surface area contributed by atoms with Crippen molar-refractivity contribution in [3.8, 4) is 11.1 Å². The number of benzene rings is 2. The lowest BCUT2D eigenvalue weighted by Gasteiger charge is -2.20. The van der Waals surface area contributed by atoms with Gasteiger partial charge < -0.3 is 5.32 Å². The molecule has 1 fully saturated rings. The highest BCUT2D eigenvalue weighted by molar-refractivity contribution is 7.99. The summed E-state index contributed by atoms with van der Waals surface area (Å²) in [6.45, 7) is 0.750. The molecule has 1 aliphatic rings. The van der Waals surface area contributed by atoms with Crippen LogP contribution < -0.4 is 5.32 Å². The molecule has 3 rings (SSSR count). The molecule has 0 saturated heterocycles. The molecule has 3 heteroatoms. The Balaban J connectivity index is 1.45. The maximum Gasteiger partial charge on any atom is 0.251 e. The van der Waals surface area contributed by atoms with Gasteiger partial charge in [0.15, 0.2) is 0 Å². The average Bonchev–Trinajstić information content (AvgIpc) is 2.67. The van der Waals surface area contributed by atoms with Gasteiger partial charge in [-0.1, -0.05) is 61.7 Å². The molecule has 0 atom stereocenters. The summed E-state index contributed by atoms with van der Waals surface area (Å²) in [5.74, 6) is 1.04.